The Morgan fingerprint density at radius 1 is 1.75 bits per heavy atom. The van der Waals surface area contributed by atoms with Gasteiger partial charge in [0.1, 0.15) is 0 Å². The Labute approximate surface area is 47.4 Å². The number of aliphatic hydroxyl groups excluding tert-OH is 1. The van der Waals surface area contributed by atoms with Crippen LogP contribution in [0, 0.1) is 0 Å². The van der Waals surface area contributed by atoms with Crippen molar-refractivity contribution in [3.8, 4) is 0 Å². The SMILES string of the molecule is CO.Nc1ncc[nH]1. The van der Waals surface area contributed by atoms with Crippen LogP contribution in [0.5, 0.6) is 0 Å². The Hall–Kier alpha value is -1.03. The van der Waals surface area contributed by atoms with Crippen molar-refractivity contribution in [1.82, 2.24) is 9.97 Å². The molecule has 0 unspecified atom stereocenters. The van der Waals surface area contributed by atoms with Gasteiger partial charge >= 0.3 is 0 Å². The quantitative estimate of drug-likeness (QED) is 0.430. The molecule has 0 aliphatic rings. The molecule has 0 bridgehead atoms. The van der Waals surface area contributed by atoms with Crippen molar-refractivity contribution in [1.29, 1.82) is 0 Å². The predicted octanol–water partition coefficient (Wildman–Crippen LogP) is -0.400. The highest BCUT2D eigenvalue weighted by Crippen LogP contribution is 1.81. The van der Waals surface area contributed by atoms with Crippen LogP contribution in [0.15, 0.2) is 12.4 Å². The van der Waals surface area contributed by atoms with Crippen LogP contribution in [0.4, 0.5) is 5.95 Å². The summed E-state index contributed by atoms with van der Waals surface area (Å²) in [5, 5.41) is 7.00. The summed E-state index contributed by atoms with van der Waals surface area (Å²) in [6, 6.07) is 0. The van der Waals surface area contributed by atoms with E-state index in [2.05, 4.69) is 9.97 Å². The summed E-state index contributed by atoms with van der Waals surface area (Å²) >= 11 is 0. The van der Waals surface area contributed by atoms with E-state index in [1.807, 2.05) is 0 Å². The molecule has 0 spiro atoms. The van der Waals surface area contributed by atoms with E-state index >= 15 is 0 Å². The van der Waals surface area contributed by atoms with Gasteiger partial charge in [-0.25, -0.2) is 4.98 Å². The molecule has 1 rings (SSSR count). The molecule has 0 saturated heterocycles. The first kappa shape index (κ1) is 6.97. The molecular weight excluding hydrogens is 106 g/mol. The van der Waals surface area contributed by atoms with Crippen LogP contribution in [-0.4, -0.2) is 22.2 Å². The van der Waals surface area contributed by atoms with Crippen LogP contribution in [0.3, 0.4) is 0 Å². The van der Waals surface area contributed by atoms with Gasteiger partial charge in [0.25, 0.3) is 0 Å². The Morgan fingerprint density at radius 2 is 2.38 bits per heavy atom. The minimum atomic E-state index is 0.468. The van der Waals surface area contributed by atoms with Crippen molar-refractivity contribution in [2.24, 2.45) is 0 Å². The van der Waals surface area contributed by atoms with Crippen LogP contribution in [0.1, 0.15) is 0 Å². The van der Waals surface area contributed by atoms with Gasteiger partial charge in [-0.05, 0) is 0 Å². The lowest BCUT2D eigenvalue weighted by atomic mass is 11.0. The van der Waals surface area contributed by atoms with Gasteiger partial charge in [0, 0.05) is 19.5 Å². The normalized spacial score (nSPS) is 7.25. The van der Waals surface area contributed by atoms with Crippen molar-refractivity contribution in [3.05, 3.63) is 12.4 Å². The van der Waals surface area contributed by atoms with E-state index in [1.54, 1.807) is 12.4 Å². The van der Waals surface area contributed by atoms with Gasteiger partial charge in [-0.1, -0.05) is 0 Å². The Bertz CT molecular complexity index is 115. The van der Waals surface area contributed by atoms with Crippen molar-refractivity contribution in [3.63, 3.8) is 0 Å². The average Bonchev–Trinajstić information content (AvgIpc) is 2.24. The summed E-state index contributed by atoms with van der Waals surface area (Å²) in [5.41, 5.74) is 5.11. The molecule has 0 aliphatic heterocycles. The average molecular weight is 115 g/mol. The van der Waals surface area contributed by atoms with E-state index in [0.29, 0.717) is 5.95 Å². The summed E-state index contributed by atoms with van der Waals surface area (Å²) in [6.45, 7) is 0. The molecule has 4 nitrogen and oxygen atoms in total. The van der Waals surface area contributed by atoms with E-state index in [-0.39, 0.29) is 0 Å². The summed E-state index contributed by atoms with van der Waals surface area (Å²) in [5.74, 6) is 0.468. The lowest BCUT2D eigenvalue weighted by Gasteiger charge is -1.70. The fourth-order valence-electron chi connectivity index (χ4n) is 0.277. The first-order chi connectivity index (χ1) is 3.89. The highest BCUT2D eigenvalue weighted by molar-refractivity contribution is 5.11. The molecule has 0 fully saturated rings. The molecule has 4 heteroatoms. The number of anilines is 1. The number of aliphatic hydroxyl groups is 1. The number of nitrogens with zero attached hydrogens (tertiary/aromatic N) is 1. The minimum absolute atomic E-state index is 0.468. The number of aromatic nitrogens is 2. The van der Waals surface area contributed by atoms with E-state index in [0.717, 1.165) is 7.11 Å². The van der Waals surface area contributed by atoms with E-state index < -0.39 is 0 Å². The maximum Gasteiger partial charge on any atom is 0.197 e. The maximum atomic E-state index is 7.00. The molecule has 1 aromatic rings. The second-order valence-electron chi connectivity index (χ2n) is 0.974. The van der Waals surface area contributed by atoms with Crippen molar-refractivity contribution >= 4 is 5.95 Å². The zero-order chi connectivity index (χ0) is 6.41. The molecule has 0 aliphatic carbocycles. The topological polar surface area (TPSA) is 74.9 Å². The molecule has 1 aromatic heterocycles. The van der Waals surface area contributed by atoms with Crippen molar-refractivity contribution < 1.29 is 5.11 Å². The van der Waals surface area contributed by atoms with Crippen LogP contribution < -0.4 is 5.73 Å². The second-order valence-corrected chi connectivity index (χ2v) is 0.974. The van der Waals surface area contributed by atoms with Crippen molar-refractivity contribution in [2.45, 2.75) is 0 Å². The fourth-order valence-corrected chi connectivity index (χ4v) is 0.277. The first-order valence-electron chi connectivity index (χ1n) is 2.09. The van der Waals surface area contributed by atoms with Gasteiger partial charge in [-0.3, -0.25) is 0 Å². The Kier molecular flexibility index (Phi) is 3.60. The number of aromatic amines is 1. The highest BCUT2D eigenvalue weighted by atomic mass is 16.2. The van der Waals surface area contributed by atoms with Crippen LogP contribution in [0.25, 0.3) is 0 Å². The largest absolute Gasteiger partial charge is 0.400 e. The third-order valence-corrected chi connectivity index (χ3v) is 0.519. The summed E-state index contributed by atoms with van der Waals surface area (Å²) < 4.78 is 0. The van der Waals surface area contributed by atoms with Crippen LogP contribution in [-0.2, 0) is 0 Å². The monoisotopic (exact) mass is 115 g/mol. The summed E-state index contributed by atoms with van der Waals surface area (Å²) in [4.78, 5) is 6.31. The number of nitrogen functional groups attached to an aromatic ring is 1. The molecule has 0 aromatic carbocycles. The summed E-state index contributed by atoms with van der Waals surface area (Å²) in [7, 11) is 1.00. The number of imidazole rings is 1. The minimum Gasteiger partial charge on any atom is -0.400 e. The number of H-pyrrole nitrogens is 1. The van der Waals surface area contributed by atoms with Gasteiger partial charge in [-0.2, -0.15) is 0 Å². The zero-order valence-corrected chi connectivity index (χ0v) is 4.63. The number of nitrogens with one attached hydrogen (secondary N) is 1. The Morgan fingerprint density at radius 3 is 2.50 bits per heavy atom. The smallest absolute Gasteiger partial charge is 0.197 e. The predicted molar refractivity (Wildman–Crippen MR) is 31.1 cm³/mol. The molecule has 0 atom stereocenters. The van der Waals surface area contributed by atoms with Crippen LogP contribution >= 0.6 is 0 Å². The molecular formula is C4H9N3O. The van der Waals surface area contributed by atoms with Crippen LogP contribution in [0.2, 0.25) is 0 Å². The van der Waals surface area contributed by atoms with Gasteiger partial charge in [-0.15, -0.1) is 0 Å². The van der Waals surface area contributed by atoms with Gasteiger partial charge in [0.2, 0.25) is 0 Å². The zero-order valence-electron chi connectivity index (χ0n) is 4.63. The third-order valence-electron chi connectivity index (χ3n) is 0.519. The molecule has 0 radical (unpaired) electrons. The standard InChI is InChI=1S/C3H5N3.CH4O/c4-3-5-1-2-6-3;1-2/h1-2H,(H3,4,5,6);2H,1H3. The third kappa shape index (κ3) is 2.20. The number of hydrogen-bond acceptors (Lipinski definition) is 3. The number of rotatable bonds is 0. The lowest BCUT2D eigenvalue weighted by Crippen LogP contribution is -1.83. The summed E-state index contributed by atoms with van der Waals surface area (Å²) in [6.07, 6.45) is 3.28. The number of nitrogens with two attached hydrogens (primary N) is 1. The first-order valence-corrected chi connectivity index (χ1v) is 2.09. The molecule has 1 heterocycles. The van der Waals surface area contributed by atoms with E-state index in [9.17, 15) is 0 Å². The van der Waals surface area contributed by atoms with Gasteiger partial charge in [0.05, 0.1) is 0 Å². The molecule has 0 amide bonds. The van der Waals surface area contributed by atoms with Gasteiger partial charge in [0.15, 0.2) is 5.95 Å². The lowest BCUT2D eigenvalue weighted by molar-refractivity contribution is 0.399. The molecule has 0 saturated carbocycles. The Balaban J connectivity index is 0.000000222. The maximum absolute atomic E-state index is 7.00. The second kappa shape index (κ2) is 4.14. The highest BCUT2D eigenvalue weighted by Gasteiger charge is 1.74. The molecule has 8 heavy (non-hydrogen) atoms. The number of hydrogen-bond donors (Lipinski definition) is 3. The van der Waals surface area contributed by atoms with Gasteiger partial charge < -0.3 is 15.8 Å². The van der Waals surface area contributed by atoms with E-state index in [4.69, 9.17) is 10.8 Å². The van der Waals surface area contributed by atoms with E-state index in [1.165, 1.54) is 0 Å². The molecule has 4 N–H and O–H groups in total. The molecule has 46 valence electrons. The van der Waals surface area contributed by atoms with Crippen molar-refractivity contribution in [2.75, 3.05) is 12.8 Å². The fraction of sp³-hybridized carbons (Fsp3) is 0.250.